The number of amides is 1. The summed E-state index contributed by atoms with van der Waals surface area (Å²) in [6.45, 7) is 11.3. The van der Waals surface area contributed by atoms with Gasteiger partial charge in [0.15, 0.2) is 0 Å². The Balaban J connectivity index is 0.00000103. The van der Waals surface area contributed by atoms with Crippen LogP contribution in [0.3, 0.4) is 0 Å². The number of fused-ring (bicyclic) bond motifs is 1. The highest BCUT2D eigenvalue weighted by Crippen LogP contribution is 2.37. The number of nitrogens with zero attached hydrogens (tertiary/aromatic N) is 3. The molecule has 0 radical (unpaired) electrons. The van der Waals surface area contributed by atoms with E-state index in [1.54, 1.807) is 18.7 Å². The molecule has 1 fully saturated rings. The maximum absolute atomic E-state index is 12.7. The molecule has 2 aromatic rings. The lowest BCUT2D eigenvalue weighted by atomic mass is 9.96. The van der Waals surface area contributed by atoms with Crippen LogP contribution in [0.25, 0.3) is 0 Å². The number of aryl methyl sites for hydroxylation is 2. The number of aromatic amines is 1. The Bertz CT molecular complexity index is 946. The molecule has 192 valence electrons. The number of imidazole rings is 1. The molecule has 1 saturated heterocycles. The van der Waals surface area contributed by atoms with Gasteiger partial charge in [0.05, 0.1) is 6.33 Å². The number of benzene rings is 1. The molecule has 1 unspecified atom stereocenters. The first-order chi connectivity index (χ1) is 17.1. The van der Waals surface area contributed by atoms with Gasteiger partial charge in [-0.05, 0) is 61.2 Å². The van der Waals surface area contributed by atoms with E-state index in [1.165, 1.54) is 16.7 Å². The SMILES string of the molecule is CC.CC.N/C=C\C=C1\CCc2cc(Cl)ccc2C(N2CCN(C(=O)CCc3cnc[nH]3)CC2)C1. The Morgan fingerprint density at radius 2 is 1.91 bits per heavy atom. The number of carbonyl (C=O) groups is 1. The largest absolute Gasteiger partial charge is 0.405 e. The summed E-state index contributed by atoms with van der Waals surface area (Å²) in [6.07, 6.45) is 13.3. The van der Waals surface area contributed by atoms with Gasteiger partial charge >= 0.3 is 0 Å². The van der Waals surface area contributed by atoms with Gasteiger partial charge in [-0.1, -0.05) is 57.0 Å². The minimum absolute atomic E-state index is 0.218. The van der Waals surface area contributed by atoms with Crippen LogP contribution in [0.4, 0.5) is 0 Å². The lowest BCUT2D eigenvalue weighted by molar-refractivity contribution is -0.133. The van der Waals surface area contributed by atoms with Gasteiger partial charge in [0.25, 0.3) is 0 Å². The summed E-state index contributed by atoms with van der Waals surface area (Å²) in [5.74, 6) is 0.218. The molecule has 2 aliphatic rings. The van der Waals surface area contributed by atoms with Gasteiger partial charge < -0.3 is 15.6 Å². The van der Waals surface area contributed by atoms with Crippen molar-refractivity contribution in [1.82, 2.24) is 19.8 Å². The Morgan fingerprint density at radius 1 is 1.17 bits per heavy atom. The zero-order valence-corrected chi connectivity index (χ0v) is 22.5. The van der Waals surface area contributed by atoms with Crippen molar-refractivity contribution >= 4 is 17.5 Å². The summed E-state index contributed by atoms with van der Waals surface area (Å²) in [5.41, 5.74) is 10.7. The van der Waals surface area contributed by atoms with Crippen molar-refractivity contribution in [2.24, 2.45) is 5.73 Å². The number of carbonyl (C=O) groups excluding carboxylic acids is 1. The lowest BCUT2D eigenvalue weighted by Crippen LogP contribution is -2.49. The third-order valence-corrected chi connectivity index (χ3v) is 6.58. The first-order valence-electron chi connectivity index (χ1n) is 13.0. The third kappa shape index (κ3) is 8.25. The Morgan fingerprint density at radius 3 is 2.57 bits per heavy atom. The van der Waals surface area contributed by atoms with E-state index < -0.39 is 0 Å². The first kappa shape index (κ1) is 28.7. The minimum atomic E-state index is 0.218. The summed E-state index contributed by atoms with van der Waals surface area (Å²) >= 11 is 6.30. The van der Waals surface area contributed by atoms with Crippen molar-refractivity contribution in [3.05, 3.63) is 76.5 Å². The highest BCUT2D eigenvalue weighted by molar-refractivity contribution is 6.30. The molecule has 7 heteroatoms. The number of hydrogen-bond acceptors (Lipinski definition) is 4. The van der Waals surface area contributed by atoms with E-state index in [9.17, 15) is 4.79 Å². The van der Waals surface area contributed by atoms with Crippen molar-refractivity contribution < 1.29 is 4.79 Å². The molecule has 3 N–H and O–H groups in total. The van der Waals surface area contributed by atoms with Crippen LogP contribution in [0.1, 0.15) is 69.8 Å². The Labute approximate surface area is 216 Å². The molecule has 1 atom stereocenters. The van der Waals surface area contributed by atoms with Gasteiger partial charge in [0.2, 0.25) is 5.91 Å². The number of H-pyrrole nitrogens is 1. The number of piperazine rings is 1. The van der Waals surface area contributed by atoms with Crippen LogP contribution in [0.15, 0.2) is 54.6 Å². The number of nitrogens with two attached hydrogens (primary N) is 1. The standard InChI is InChI=1S/C24H30ClN5O.2C2H6/c25-20-5-7-22-19(15-20)4-3-18(2-1-9-26)14-23(22)29-10-12-30(13-11-29)24(31)8-6-21-16-27-17-28-21;2*1-2/h1-2,5,7,9,15-17,23H,3-4,6,8,10-14,26H2,(H,27,28);2*1-2H3/b9-1-,18-2-;;. The molecule has 0 spiro atoms. The quantitative estimate of drug-likeness (QED) is 0.519. The predicted molar refractivity (Wildman–Crippen MR) is 146 cm³/mol. The van der Waals surface area contributed by atoms with Gasteiger partial charge in [-0.3, -0.25) is 9.69 Å². The average Bonchev–Trinajstić information content (AvgIpc) is 3.37. The van der Waals surface area contributed by atoms with Gasteiger partial charge in [-0.15, -0.1) is 0 Å². The number of nitrogens with one attached hydrogen (secondary N) is 1. The van der Waals surface area contributed by atoms with Crippen LogP contribution in [0, 0.1) is 0 Å². The van der Waals surface area contributed by atoms with Crippen LogP contribution >= 0.6 is 11.6 Å². The van der Waals surface area contributed by atoms with Gasteiger partial charge in [-0.25, -0.2) is 4.98 Å². The summed E-state index contributed by atoms with van der Waals surface area (Å²) < 4.78 is 0. The Kier molecular flexibility index (Phi) is 12.6. The second kappa shape index (κ2) is 15.4. The fraction of sp³-hybridized carbons (Fsp3) is 0.500. The zero-order valence-electron chi connectivity index (χ0n) is 21.8. The summed E-state index contributed by atoms with van der Waals surface area (Å²) in [5, 5.41) is 0.791. The fourth-order valence-corrected chi connectivity index (χ4v) is 4.84. The predicted octanol–water partition coefficient (Wildman–Crippen LogP) is 5.67. The minimum Gasteiger partial charge on any atom is -0.405 e. The topological polar surface area (TPSA) is 78.2 Å². The van der Waals surface area contributed by atoms with Crippen LogP contribution in [-0.2, 0) is 17.6 Å². The number of rotatable bonds is 5. The molecule has 1 aliphatic heterocycles. The van der Waals surface area contributed by atoms with E-state index in [4.69, 9.17) is 17.3 Å². The van der Waals surface area contributed by atoms with E-state index in [0.29, 0.717) is 18.9 Å². The van der Waals surface area contributed by atoms with Crippen LogP contribution < -0.4 is 5.73 Å². The molecule has 1 aromatic heterocycles. The molecular formula is C28H42ClN5O. The monoisotopic (exact) mass is 499 g/mol. The molecule has 35 heavy (non-hydrogen) atoms. The molecule has 1 amide bonds. The second-order valence-corrected chi connectivity index (χ2v) is 8.70. The van der Waals surface area contributed by atoms with Crippen molar-refractivity contribution in [3.8, 4) is 0 Å². The van der Waals surface area contributed by atoms with Gasteiger partial charge in [-0.2, -0.15) is 0 Å². The summed E-state index contributed by atoms with van der Waals surface area (Å²) in [6, 6.07) is 6.60. The highest BCUT2D eigenvalue weighted by Gasteiger charge is 2.30. The van der Waals surface area contributed by atoms with Crippen molar-refractivity contribution in [1.29, 1.82) is 0 Å². The normalized spacial score (nSPS) is 19.3. The van der Waals surface area contributed by atoms with Gasteiger partial charge in [0.1, 0.15) is 0 Å². The zero-order chi connectivity index (χ0) is 25.6. The number of halogens is 1. The molecule has 2 heterocycles. The van der Waals surface area contributed by atoms with Crippen molar-refractivity contribution in [2.75, 3.05) is 26.2 Å². The number of allylic oxidation sites excluding steroid dienone is 2. The van der Waals surface area contributed by atoms with Crippen LogP contribution in [0.5, 0.6) is 0 Å². The molecule has 6 nitrogen and oxygen atoms in total. The maximum atomic E-state index is 12.7. The first-order valence-corrected chi connectivity index (χ1v) is 13.4. The molecule has 0 bridgehead atoms. The van der Waals surface area contributed by atoms with E-state index in [2.05, 4.69) is 33.1 Å². The fourth-order valence-electron chi connectivity index (χ4n) is 4.64. The van der Waals surface area contributed by atoms with Crippen LogP contribution in [-0.4, -0.2) is 51.9 Å². The molecule has 1 aliphatic carbocycles. The molecular weight excluding hydrogens is 458 g/mol. The van der Waals surface area contributed by atoms with E-state index in [1.807, 2.05) is 44.7 Å². The van der Waals surface area contributed by atoms with Crippen LogP contribution in [0.2, 0.25) is 5.02 Å². The number of hydrogen-bond donors (Lipinski definition) is 2. The van der Waals surface area contributed by atoms with E-state index in [-0.39, 0.29) is 5.91 Å². The second-order valence-electron chi connectivity index (χ2n) is 8.27. The summed E-state index contributed by atoms with van der Waals surface area (Å²) in [7, 11) is 0. The third-order valence-electron chi connectivity index (χ3n) is 6.35. The summed E-state index contributed by atoms with van der Waals surface area (Å²) in [4.78, 5) is 24.3. The van der Waals surface area contributed by atoms with Gasteiger partial charge in [0, 0.05) is 55.6 Å². The Hall–Kier alpha value is -2.57. The van der Waals surface area contributed by atoms with E-state index >= 15 is 0 Å². The lowest BCUT2D eigenvalue weighted by Gasteiger charge is -2.40. The van der Waals surface area contributed by atoms with Crippen molar-refractivity contribution in [3.63, 3.8) is 0 Å². The molecule has 1 aromatic carbocycles. The average molecular weight is 500 g/mol. The molecule has 0 saturated carbocycles. The molecule has 4 rings (SSSR count). The maximum Gasteiger partial charge on any atom is 0.223 e. The highest BCUT2D eigenvalue weighted by atomic mass is 35.5. The van der Waals surface area contributed by atoms with Crippen molar-refractivity contribution in [2.45, 2.75) is 65.8 Å². The number of aromatic nitrogens is 2. The smallest absolute Gasteiger partial charge is 0.223 e. The van der Waals surface area contributed by atoms with E-state index in [0.717, 1.165) is 56.2 Å².